The Morgan fingerprint density at radius 3 is 2.79 bits per heavy atom. The first-order valence-electron chi connectivity index (χ1n) is 7.73. The molecule has 1 aliphatic heterocycles. The molecule has 0 atom stereocenters. The van der Waals surface area contributed by atoms with E-state index in [-0.39, 0.29) is 55.0 Å². The highest BCUT2D eigenvalue weighted by atomic mass is 127. The number of nitrogens with two attached hydrogens (primary N) is 1. The van der Waals surface area contributed by atoms with Crippen LogP contribution in [0.4, 0.5) is 10.6 Å². The highest BCUT2D eigenvalue weighted by Crippen LogP contribution is 2.34. The van der Waals surface area contributed by atoms with Crippen LogP contribution in [0.3, 0.4) is 0 Å². The van der Waals surface area contributed by atoms with Crippen molar-refractivity contribution < 1.29 is 9.59 Å². The fourth-order valence-electron chi connectivity index (χ4n) is 3.07. The second-order valence-electron chi connectivity index (χ2n) is 5.78. The molecule has 8 nitrogen and oxygen atoms in total. The molecular weight excluding hydrogens is 423 g/mol. The number of urea groups is 1. The number of imide groups is 1. The lowest BCUT2D eigenvalue weighted by Gasteiger charge is -2.19. The zero-order valence-electron chi connectivity index (χ0n) is 13.2. The topological polar surface area (TPSA) is 113 Å². The number of carbonyl (C=O) groups is 2. The van der Waals surface area contributed by atoms with Gasteiger partial charge in [0.05, 0.1) is 13.1 Å². The van der Waals surface area contributed by atoms with E-state index in [1.807, 2.05) is 6.07 Å². The molecule has 3 amide bonds. The van der Waals surface area contributed by atoms with E-state index in [2.05, 4.69) is 20.6 Å². The average molecular weight is 444 g/mol. The smallest absolute Gasteiger partial charge is 0.325 e. The molecule has 0 aromatic carbocycles. The predicted octanol–water partition coefficient (Wildman–Crippen LogP) is 1.29. The molecule has 4 N–H and O–H groups in total. The van der Waals surface area contributed by atoms with Crippen LogP contribution in [0.1, 0.15) is 25.7 Å². The second kappa shape index (κ2) is 7.77. The lowest BCUT2D eigenvalue weighted by atomic mass is 9.98. The van der Waals surface area contributed by atoms with Gasteiger partial charge in [0.15, 0.2) is 5.96 Å². The van der Waals surface area contributed by atoms with Crippen molar-refractivity contribution in [2.24, 2.45) is 10.7 Å². The minimum atomic E-state index is -0.668. The van der Waals surface area contributed by atoms with Crippen LogP contribution in [0.5, 0.6) is 0 Å². The van der Waals surface area contributed by atoms with Crippen LogP contribution in [0.25, 0.3) is 0 Å². The van der Waals surface area contributed by atoms with Crippen molar-refractivity contribution in [3.63, 3.8) is 0 Å². The van der Waals surface area contributed by atoms with Gasteiger partial charge in [0, 0.05) is 6.20 Å². The average Bonchev–Trinajstić information content (AvgIpc) is 3.09. The monoisotopic (exact) mass is 444 g/mol. The molecule has 2 fully saturated rings. The van der Waals surface area contributed by atoms with Crippen LogP contribution in [0, 0.1) is 0 Å². The highest BCUT2D eigenvalue weighted by Gasteiger charge is 2.52. The zero-order valence-corrected chi connectivity index (χ0v) is 15.5. The van der Waals surface area contributed by atoms with Crippen LogP contribution >= 0.6 is 24.0 Å². The Kier molecular flexibility index (Phi) is 5.97. The normalized spacial score (nSPS) is 19.3. The highest BCUT2D eigenvalue weighted by molar-refractivity contribution is 14.0. The number of amides is 3. The Morgan fingerprint density at radius 2 is 2.12 bits per heavy atom. The zero-order chi connectivity index (χ0) is 16.3. The van der Waals surface area contributed by atoms with Crippen molar-refractivity contribution in [3.8, 4) is 0 Å². The van der Waals surface area contributed by atoms with Gasteiger partial charge < -0.3 is 16.4 Å². The first-order valence-corrected chi connectivity index (χ1v) is 7.73. The van der Waals surface area contributed by atoms with Crippen LogP contribution in [-0.4, -0.2) is 46.4 Å². The van der Waals surface area contributed by atoms with Gasteiger partial charge in [0.25, 0.3) is 5.91 Å². The molecule has 1 aliphatic carbocycles. The summed E-state index contributed by atoms with van der Waals surface area (Å²) in [4.78, 5) is 33.9. The molecule has 1 saturated carbocycles. The van der Waals surface area contributed by atoms with E-state index < -0.39 is 5.54 Å². The molecule has 0 unspecified atom stereocenters. The molecule has 0 radical (unpaired) electrons. The van der Waals surface area contributed by atoms with Crippen LogP contribution in [0.15, 0.2) is 29.4 Å². The minimum absolute atomic E-state index is 0. The quantitative estimate of drug-likeness (QED) is 0.281. The molecular formula is C15H21IN6O2. The van der Waals surface area contributed by atoms with Crippen molar-refractivity contribution in [3.05, 3.63) is 24.4 Å². The molecule has 0 bridgehead atoms. The molecule has 1 aromatic heterocycles. The van der Waals surface area contributed by atoms with E-state index in [1.54, 1.807) is 18.3 Å². The number of aliphatic imine (C=N–C) groups is 1. The lowest BCUT2D eigenvalue weighted by molar-refractivity contribution is -0.131. The van der Waals surface area contributed by atoms with Gasteiger partial charge in [-0.2, -0.15) is 0 Å². The lowest BCUT2D eigenvalue weighted by Crippen LogP contribution is -2.44. The standard InChI is InChI=1S/C15H20N6O2.HI/c16-13(19-11-5-1-4-8-17-11)18-9-10-21-12(22)15(20-14(21)23)6-2-3-7-15;/h1,4-5,8H,2-3,6-7,9-10H2,(H,20,23)(H3,16,17,18,19);1H. The van der Waals surface area contributed by atoms with Gasteiger partial charge in [-0.1, -0.05) is 18.9 Å². The molecule has 1 aromatic rings. The molecule has 2 aliphatic rings. The summed E-state index contributed by atoms with van der Waals surface area (Å²) in [5.74, 6) is 0.659. The third kappa shape index (κ3) is 3.77. The number of pyridine rings is 1. The van der Waals surface area contributed by atoms with Crippen LogP contribution < -0.4 is 16.4 Å². The van der Waals surface area contributed by atoms with Gasteiger partial charge in [0.2, 0.25) is 0 Å². The van der Waals surface area contributed by atoms with Crippen molar-refractivity contribution >= 4 is 47.7 Å². The third-order valence-electron chi connectivity index (χ3n) is 4.23. The second-order valence-corrected chi connectivity index (χ2v) is 5.78. The molecule has 2 heterocycles. The first kappa shape index (κ1) is 18.4. The van der Waals surface area contributed by atoms with Gasteiger partial charge >= 0.3 is 6.03 Å². The summed E-state index contributed by atoms with van der Waals surface area (Å²) >= 11 is 0. The Labute approximate surface area is 157 Å². The van der Waals surface area contributed by atoms with Crippen molar-refractivity contribution in [2.45, 2.75) is 31.2 Å². The molecule has 24 heavy (non-hydrogen) atoms. The van der Waals surface area contributed by atoms with Gasteiger partial charge in [0.1, 0.15) is 11.4 Å². The summed E-state index contributed by atoms with van der Waals surface area (Å²) in [7, 11) is 0. The van der Waals surface area contributed by atoms with Crippen molar-refractivity contribution in [2.75, 3.05) is 18.4 Å². The Morgan fingerprint density at radius 1 is 1.38 bits per heavy atom. The maximum Gasteiger partial charge on any atom is 0.325 e. The Balaban J connectivity index is 0.00000208. The molecule has 9 heteroatoms. The summed E-state index contributed by atoms with van der Waals surface area (Å²) in [6.07, 6.45) is 5.03. The Bertz CT molecular complexity index is 630. The summed E-state index contributed by atoms with van der Waals surface area (Å²) in [5.41, 5.74) is 5.10. The van der Waals surface area contributed by atoms with Gasteiger partial charge in [-0.25, -0.2) is 9.78 Å². The molecule has 1 saturated heterocycles. The third-order valence-corrected chi connectivity index (χ3v) is 4.23. The summed E-state index contributed by atoms with van der Waals surface area (Å²) in [6.45, 7) is 0.470. The van der Waals surface area contributed by atoms with Gasteiger partial charge in [-0.15, -0.1) is 24.0 Å². The number of halogens is 1. The maximum atomic E-state index is 12.4. The first-order chi connectivity index (χ1) is 11.1. The van der Waals surface area contributed by atoms with E-state index in [9.17, 15) is 9.59 Å². The van der Waals surface area contributed by atoms with Gasteiger partial charge in [-0.05, 0) is 25.0 Å². The van der Waals surface area contributed by atoms with Crippen molar-refractivity contribution in [1.29, 1.82) is 0 Å². The number of guanidine groups is 1. The molecule has 1 spiro atoms. The van der Waals surface area contributed by atoms with Crippen LogP contribution in [0.2, 0.25) is 0 Å². The number of rotatable bonds is 4. The number of hydrogen-bond acceptors (Lipinski definition) is 4. The van der Waals surface area contributed by atoms with E-state index in [4.69, 9.17) is 5.73 Å². The van der Waals surface area contributed by atoms with Crippen LogP contribution in [-0.2, 0) is 4.79 Å². The number of nitrogens with zero attached hydrogens (tertiary/aromatic N) is 3. The fourth-order valence-corrected chi connectivity index (χ4v) is 3.07. The number of hydrogen-bond donors (Lipinski definition) is 3. The predicted molar refractivity (Wildman–Crippen MR) is 101 cm³/mol. The van der Waals surface area contributed by atoms with E-state index in [0.29, 0.717) is 5.82 Å². The molecule has 3 rings (SSSR count). The van der Waals surface area contributed by atoms with Gasteiger partial charge in [-0.3, -0.25) is 14.7 Å². The minimum Gasteiger partial charge on any atom is -0.370 e. The van der Waals surface area contributed by atoms with E-state index in [0.717, 1.165) is 25.7 Å². The summed E-state index contributed by atoms with van der Waals surface area (Å²) in [6, 6.07) is 5.07. The number of nitrogens with one attached hydrogen (secondary N) is 2. The number of carbonyl (C=O) groups excluding carboxylic acids is 2. The fraction of sp³-hybridized carbons (Fsp3) is 0.467. The van der Waals surface area contributed by atoms with Crippen molar-refractivity contribution in [1.82, 2.24) is 15.2 Å². The largest absolute Gasteiger partial charge is 0.370 e. The van der Waals surface area contributed by atoms with E-state index in [1.165, 1.54) is 4.90 Å². The number of anilines is 1. The summed E-state index contributed by atoms with van der Waals surface area (Å²) < 4.78 is 0. The molecule has 130 valence electrons. The van der Waals surface area contributed by atoms with E-state index >= 15 is 0 Å². The number of aromatic nitrogens is 1. The maximum absolute atomic E-state index is 12.4. The summed E-state index contributed by atoms with van der Waals surface area (Å²) in [5, 5.41) is 5.69. The Hall–Kier alpha value is -1.91. The SMILES string of the molecule is I.NC(=NCCN1C(=O)NC2(CCCC2)C1=O)Nc1ccccn1.